The van der Waals surface area contributed by atoms with E-state index < -0.39 is 39.9 Å². The summed E-state index contributed by atoms with van der Waals surface area (Å²) >= 11 is 0. The normalized spacial score (nSPS) is 15.1. The van der Waals surface area contributed by atoms with Gasteiger partial charge in [-0.25, -0.2) is 21.9 Å². The summed E-state index contributed by atoms with van der Waals surface area (Å²) in [4.78, 5) is 0. The Hall–Kier alpha value is -1.05. The van der Waals surface area contributed by atoms with Crippen molar-refractivity contribution in [2.45, 2.75) is 26.4 Å². The number of nitrogens with one attached hydrogen (secondary N) is 1. The summed E-state index contributed by atoms with van der Waals surface area (Å²) < 4.78 is 52.4. The first kappa shape index (κ1) is 17.0. The topological polar surface area (TPSA) is 66.4 Å². The first-order chi connectivity index (χ1) is 9.26. The molecule has 2 atom stereocenters. The van der Waals surface area contributed by atoms with Gasteiger partial charge in [-0.15, -0.1) is 0 Å². The van der Waals surface area contributed by atoms with Crippen molar-refractivity contribution >= 4 is 10.0 Å². The second-order valence-corrected chi connectivity index (χ2v) is 6.65. The van der Waals surface area contributed by atoms with Crippen LogP contribution in [0.1, 0.15) is 31.9 Å². The lowest BCUT2D eigenvalue weighted by Gasteiger charge is -2.15. The average molecular weight is 307 g/mol. The van der Waals surface area contributed by atoms with Gasteiger partial charge in [0, 0.05) is 6.54 Å². The molecule has 4 nitrogen and oxygen atoms in total. The molecule has 0 heterocycles. The van der Waals surface area contributed by atoms with E-state index in [4.69, 9.17) is 0 Å². The van der Waals surface area contributed by atoms with Crippen molar-refractivity contribution in [3.8, 4) is 0 Å². The second kappa shape index (κ2) is 7.10. The van der Waals surface area contributed by atoms with Gasteiger partial charge in [0.15, 0.2) is 0 Å². The van der Waals surface area contributed by atoms with Crippen molar-refractivity contribution in [1.82, 2.24) is 4.72 Å². The monoisotopic (exact) mass is 307 g/mol. The maximum Gasteiger partial charge on any atom is 0.211 e. The lowest BCUT2D eigenvalue weighted by atomic mass is 10.1. The minimum atomic E-state index is -3.58. The van der Waals surface area contributed by atoms with Gasteiger partial charge in [-0.05, 0) is 18.1 Å². The summed E-state index contributed by atoms with van der Waals surface area (Å²) in [6.45, 7) is 3.19. The van der Waals surface area contributed by atoms with Crippen LogP contribution in [0.2, 0.25) is 0 Å². The van der Waals surface area contributed by atoms with Gasteiger partial charge in [0.25, 0.3) is 0 Å². The Morgan fingerprint density at radius 3 is 2.35 bits per heavy atom. The Balaban J connectivity index is 2.70. The van der Waals surface area contributed by atoms with E-state index in [0.29, 0.717) is 6.42 Å². The molecule has 0 aliphatic rings. The maximum absolute atomic E-state index is 13.4. The summed E-state index contributed by atoms with van der Waals surface area (Å²) in [6.07, 6.45) is -0.867. The molecule has 0 aromatic heterocycles. The van der Waals surface area contributed by atoms with E-state index >= 15 is 0 Å². The number of sulfonamides is 1. The molecule has 114 valence electrons. The second-order valence-electron chi connectivity index (χ2n) is 4.79. The van der Waals surface area contributed by atoms with Crippen LogP contribution >= 0.6 is 0 Å². The molecule has 2 unspecified atom stereocenters. The van der Waals surface area contributed by atoms with Crippen molar-refractivity contribution in [2.75, 3.05) is 12.3 Å². The van der Waals surface area contributed by atoms with Crippen molar-refractivity contribution in [2.24, 2.45) is 5.92 Å². The van der Waals surface area contributed by atoms with E-state index in [2.05, 4.69) is 4.72 Å². The SMILES string of the molecule is CCC(C)CS(=O)(=O)NCC(O)c1c(F)cccc1F. The summed E-state index contributed by atoms with van der Waals surface area (Å²) in [5, 5.41) is 9.73. The predicted octanol–water partition coefficient (Wildman–Crippen LogP) is 1.96. The highest BCUT2D eigenvalue weighted by Crippen LogP contribution is 2.20. The third-order valence-electron chi connectivity index (χ3n) is 3.03. The molecule has 2 N–H and O–H groups in total. The predicted molar refractivity (Wildman–Crippen MR) is 72.6 cm³/mol. The quantitative estimate of drug-likeness (QED) is 0.809. The standard InChI is InChI=1S/C13H19F2NO3S/c1-3-9(2)8-20(18,19)16-7-12(17)13-10(14)5-4-6-11(13)15/h4-6,9,12,16-17H,3,7-8H2,1-2H3. The lowest BCUT2D eigenvalue weighted by molar-refractivity contribution is 0.172. The fraction of sp³-hybridized carbons (Fsp3) is 0.538. The number of benzene rings is 1. The Labute approximate surface area is 117 Å². The van der Waals surface area contributed by atoms with E-state index in [1.165, 1.54) is 6.07 Å². The minimum absolute atomic E-state index is 0.0326. The van der Waals surface area contributed by atoms with Crippen molar-refractivity contribution < 1.29 is 22.3 Å². The first-order valence-electron chi connectivity index (χ1n) is 6.36. The van der Waals surface area contributed by atoms with Gasteiger partial charge in [0.2, 0.25) is 10.0 Å². The summed E-state index contributed by atoms with van der Waals surface area (Å²) in [5.74, 6) is -1.93. The number of hydrogen-bond donors (Lipinski definition) is 2. The summed E-state index contributed by atoms with van der Waals surface area (Å²) in [6, 6.07) is 3.19. The molecule has 0 amide bonds. The van der Waals surface area contributed by atoms with Crippen LogP contribution in [0, 0.1) is 17.6 Å². The Kier molecular flexibility index (Phi) is 6.04. The molecule has 0 fully saturated rings. The molecule has 0 radical (unpaired) electrons. The smallest absolute Gasteiger partial charge is 0.211 e. The van der Waals surface area contributed by atoms with Crippen molar-refractivity contribution in [1.29, 1.82) is 0 Å². The van der Waals surface area contributed by atoms with Crippen LogP contribution in [-0.4, -0.2) is 25.8 Å². The van der Waals surface area contributed by atoms with Gasteiger partial charge in [-0.1, -0.05) is 26.3 Å². The Morgan fingerprint density at radius 2 is 1.85 bits per heavy atom. The first-order valence-corrected chi connectivity index (χ1v) is 8.01. The molecule has 0 saturated carbocycles. The molecule has 0 aliphatic carbocycles. The van der Waals surface area contributed by atoms with Crippen LogP contribution in [-0.2, 0) is 10.0 Å². The molecular weight excluding hydrogens is 288 g/mol. The fourth-order valence-electron chi connectivity index (χ4n) is 1.69. The number of rotatable bonds is 7. The van der Waals surface area contributed by atoms with Crippen molar-refractivity contribution in [3.63, 3.8) is 0 Å². The zero-order valence-electron chi connectivity index (χ0n) is 11.4. The Bertz CT molecular complexity index is 528. The highest BCUT2D eigenvalue weighted by atomic mass is 32.2. The van der Waals surface area contributed by atoms with E-state index in [9.17, 15) is 22.3 Å². The molecule has 7 heteroatoms. The molecule has 0 bridgehead atoms. The molecule has 0 saturated heterocycles. The third-order valence-corrected chi connectivity index (χ3v) is 4.64. The van der Waals surface area contributed by atoms with Gasteiger partial charge >= 0.3 is 0 Å². The number of halogens is 2. The van der Waals surface area contributed by atoms with E-state index in [0.717, 1.165) is 12.1 Å². The molecule has 1 aromatic rings. The number of aliphatic hydroxyl groups is 1. The van der Waals surface area contributed by atoms with Gasteiger partial charge in [0.1, 0.15) is 11.6 Å². The van der Waals surface area contributed by atoms with Gasteiger partial charge in [-0.3, -0.25) is 0 Å². The van der Waals surface area contributed by atoms with Gasteiger partial charge < -0.3 is 5.11 Å². The van der Waals surface area contributed by atoms with Gasteiger partial charge in [0.05, 0.1) is 17.4 Å². The number of aliphatic hydroxyl groups excluding tert-OH is 1. The minimum Gasteiger partial charge on any atom is -0.387 e. The van der Waals surface area contributed by atoms with Gasteiger partial charge in [-0.2, -0.15) is 0 Å². The molecule has 0 spiro atoms. The number of hydrogen-bond acceptors (Lipinski definition) is 3. The van der Waals surface area contributed by atoms with Crippen LogP contribution in [0.3, 0.4) is 0 Å². The van der Waals surface area contributed by atoms with Crippen LogP contribution in [0.5, 0.6) is 0 Å². The van der Waals surface area contributed by atoms with E-state index in [-0.39, 0.29) is 11.7 Å². The Morgan fingerprint density at radius 1 is 1.30 bits per heavy atom. The van der Waals surface area contributed by atoms with E-state index in [1.807, 2.05) is 6.92 Å². The zero-order valence-corrected chi connectivity index (χ0v) is 12.3. The van der Waals surface area contributed by atoms with Crippen LogP contribution < -0.4 is 4.72 Å². The molecule has 1 aromatic carbocycles. The molecule has 20 heavy (non-hydrogen) atoms. The van der Waals surface area contributed by atoms with Crippen molar-refractivity contribution in [3.05, 3.63) is 35.4 Å². The maximum atomic E-state index is 13.4. The summed E-state index contributed by atoms with van der Waals surface area (Å²) in [7, 11) is -3.58. The highest BCUT2D eigenvalue weighted by molar-refractivity contribution is 7.89. The van der Waals surface area contributed by atoms with Crippen LogP contribution in [0.25, 0.3) is 0 Å². The van der Waals surface area contributed by atoms with E-state index in [1.54, 1.807) is 6.92 Å². The van der Waals surface area contributed by atoms with Crippen LogP contribution in [0.15, 0.2) is 18.2 Å². The third kappa shape index (κ3) is 4.81. The van der Waals surface area contributed by atoms with Crippen LogP contribution in [0.4, 0.5) is 8.78 Å². The molecule has 0 aliphatic heterocycles. The molecule has 1 rings (SSSR count). The highest BCUT2D eigenvalue weighted by Gasteiger charge is 2.21. The largest absolute Gasteiger partial charge is 0.387 e. The summed E-state index contributed by atoms with van der Waals surface area (Å²) in [5.41, 5.74) is -0.529. The molecular formula is C13H19F2NO3S. The zero-order chi connectivity index (χ0) is 15.3. The average Bonchev–Trinajstić information content (AvgIpc) is 2.35. The fourth-order valence-corrected chi connectivity index (χ4v) is 3.20. The lowest BCUT2D eigenvalue weighted by Crippen LogP contribution is -2.33.